The average Bonchev–Trinajstić information content (AvgIpc) is 2.03. The van der Waals surface area contributed by atoms with Crippen molar-refractivity contribution in [3.63, 3.8) is 0 Å². The Hall–Kier alpha value is 0.510. The van der Waals surface area contributed by atoms with E-state index in [4.69, 9.17) is 11.6 Å². The molecule has 0 atom stereocenters. The van der Waals surface area contributed by atoms with Crippen LogP contribution in [-0.4, -0.2) is 4.98 Å². The van der Waals surface area contributed by atoms with Crippen LogP contribution in [-0.2, 0) is 5.33 Å². The van der Waals surface area contributed by atoms with Crippen molar-refractivity contribution in [2.75, 3.05) is 0 Å². The van der Waals surface area contributed by atoms with Crippen molar-refractivity contribution < 1.29 is 8.78 Å². The molecule has 0 aliphatic carbocycles. The summed E-state index contributed by atoms with van der Waals surface area (Å²) in [5, 5.41) is 0.785. The van der Waals surface area contributed by atoms with Gasteiger partial charge in [0.15, 0.2) is 0 Å². The number of halogens is 5. The van der Waals surface area contributed by atoms with E-state index in [2.05, 4.69) is 20.9 Å². The van der Waals surface area contributed by atoms with Crippen molar-refractivity contribution in [1.29, 1.82) is 0 Å². The van der Waals surface area contributed by atoms with Gasteiger partial charge in [-0.2, -0.15) is 0 Å². The number of pyridine rings is 1. The molecule has 0 radical (unpaired) electrons. The van der Waals surface area contributed by atoms with Crippen LogP contribution in [0.2, 0.25) is 5.02 Å². The number of hydrogen-bond donors (Lipinski definition) is 0. The van der Waals surface area contributed by atoms with Gasteiger partial charge in [-0.15, -0.1) is 0 Å². The molecule has 0 aromatic carbocycles. The van der Waals surface area contributed by atoms with Crippen molar-refractivity contribution in [3.8, 4) is 0 Å². The Kier molecular flexibility index (Phi) is 4.31. The summed E-state index contributed by atoms with van der Waals surface area (Å²) in [4.78, 5) is 3.75. The van der Waals surface area contributed by atoms with Crippen LogP contribution < -0.4 is 0 Å². The molecule has 72 valence electrons. The van der Waals surface area contributed by atoms with Gasteiger partial charge in [0.05, 0.1) is 10.7 Å². The van der Waals surface area contributed by atoms with Gasteiger partial charge in [0.2, 0.25) is 0 Å². The molecule has 0 spiro atoms. The van der Waals surface area contributed by atoms with Gasteiger partial charge in [0.1, 0.15) is 5.69 Å². The van der Waals surface area contributed by atoms with Gasteiger partial charge in [0.25, 0.3) is 6.43 Å². The summed E-state index contributed by atoms with van der Waals surface area (Å²) < 4.78 is 25.1. The molecular weight excluding hydrogens is 378 g/mol. The summed E-state index contributed by atoms with van der Waals surface area (Å²) in [6.07, 6.45) is -2.55. The van der Waals surface area contributed by atoms with E-state index in [0.29, 0.717) is 19.6 Å². The minimum absolute atomic E-state index is 0.209. The summed E-state index contributed by atoms with van der Waals surface area (Å²) in [5.41, 5.74) is 0.233. The molecule has 6 heteroatoms. The highest BCUT2D eigenvalue weighted by molar-refractivity contribution is 14.1. The number of nitrogens with zero attached hydrogens (tertiary/aromatic N) is 1. The van der Waals surface area contributed by atoms with Gasteiger partial charge in [-0.05, 0) is 28.7 Å². The van der Waals surface area contributed by atoms with Gasteiger partial charge in [0, 0.05) is 8.90 Å². The summed E-state index contributed by atoms with van der Waals surface area (Å²) in [7, 11) is 0. The van der Waals surface area contributed by atoms with E-state index in [-0.39, 0.29) is 5.69 Å². The molecule has 0 aliphatic heterocycles. The zero-order chi connectivity index (χ0) is 10.0. The Bertz CT molecular complexity index is 322. The molecule has 0 N–H and O–H groups in total. The first kappa shape index (κ1) is 11.6. The standard InChI is InChI=1S/C7H4BrClF2IN/c8-2-5-3(9)1-4(12)6(13-5)7(10)11/h1,7H,2H2. The minimum Gasteiger partial charge on any atom is -0.248 e. The highest BCUT2D eigenvalue weighted by atomic mass is 127. The molecule has 0 saturated carbocycles. The molecule has 1 heterocycles. The summed E-state index contributed by atoms with van der Waals surface area (Å²) in [5.74, 6) is 0. The smallest absolute Gasteiger partial charge is 0.248 e. The zero-order valence-electron chi connectivity index (χ0n) is 6.20. The predicted molar refractivity (Wildman–Crippen MR) is 59.6 cm³/mol. The molecule has 1 rings (SSSR count). The predicted octanol–water partition coefficient (Wildman–Crippen LogP) is 4.17. The first-order valence-electron chi connectivity index (χ1n) is 3.25. The van der Waals surface area contributed by atoms with E-state index in [0.717, 1.165) is 0 Å². The van der Waals surface area contributed by atoms with Crippen LogP contribution in [0.5, 0.6) is 0 Å². The molecule has 13 heavy (non-hydrogen) atoms. The number of rotatable bonds is 2. The van der Waals surface area contributed by atoms with Gasteiger partial charge in [-0.1, -0.05) is 27.5 Å². The normalized spacial score (nSPS) is 10.9. The average molecular weight is 382 g/mol. The van der Waals surface area contributed by atoms with Crippen LogP contribution in [0.3, 0.4) is 0 Å². The largest absolute Gasteiger partial charge is 0.281 e. The third-order valence-corrected chi connectivity index (χ3v) is 3.08. The maximum absolute atomic E-state index is 12.4. The highest BCUT2D eigenvalue weighted by Crippen LogP contribution is 2.27. The first-order valence-corrected chi connectivity index (χ1v) is 5.83. The molecule has 0 amide bonds. The van der Waals surface area contributed by atoms with E-state index < -0.39 is 6.43 Å². The van der Waals surface area contributed by atoms with Crippen molar-refractivity contribution in [2.24, 2.45) is 0 Å². The second kappa shape index (κ2) is 4.84. The third kappa shape index (κ3) is 2.73. The summed E-state index contributed by atoms with van der Waals surface area (Å²) in [6, 6.07) is 1.49. The van der Waals surface area contributed by atoms with E-state index in [1.54, 1.807) is 22.6 Å². The molecule has 0 aliphatic rings. The third-order valence-electron chi connectivity index (χ3n) is 1.36. The maximum Gasteiger partial charge on any atom is 0.281 e. The SMILES string of the molecule is FC(F)c1nc(CBr)c(Cl)cc1I. The van der Waals surface area contributed by atoms with Crippen molar-refractivity contribution in [2.45, 2.75) is 11.8 Å². The van der Waals surface area contributed by atoms with Crippen LogP contribution in [0.25, 0.3) is 0 Å². The van der Waals surface area contributed by atoms with Gasteiger partial charge in [-0.3, -0.25) is 0 Å². The lowest BCUT2D eigenvalue weighted by molar-refractivity contribution is 0.145. The van der Waals surface area contributed by atoms with Crippen LogP contribution >= 0.6 is 50.1 Å². The van der Waals surface area contributed by atoms with E-state index in [9.17, 15) is 8.78 Å². The fraction of sp³-hybridized carbons (Fsp3) is 0.286. The Morgan fingerprint density at radius 1 is 1.62 bits per heavy atom. The zero-order valence-corrected chi connectivity index (χ0v) is 10.7. The minimum atomic E-state index is -2.55. The lowest BCUT2D eigenvalue weighted by Gasteiger charge is -2.06. The molecule has 0 fully saturated rings. The van der Waals surface area contributed by atoms with Gasteiger partial charge >= 0.3 is 0 Å². The van der Waals surface area contributed by atoms with E-state index in [1.807, 2.05) is 0 Å². The number of hydrogen-bond acceptors (Lipinski definition) is 1. The second-order valence-corrected chi connectivity index (χ2v) is 4.35. The van der Waals surface area contributed by atoms with Crippen molar-refractivity contribution >= 4 is 50.1 Å². The quantitative estimate of drug-likeness (QED) is 0.553. The fourth-order valence-corrected chi connectivity index (χ4v) is 2.43. The van der Waals surface area contributed by atoms with Crippen molar-refractivity contribution in [3.05, 3.63) is 26.0 Å². The number of aromatic nitrogens is 1. The lowest BCUT2D eigenvalue weighted by atomic mass is 10.3. The van der Waals surface area contributed by atoms with Crippen LogP contribution in [0.4, 0.5) is 8.78 Å². The molecule has 1 nitrogen and oxygen atoms in total. The molecular formula is C7H4BrClF2IN. The van der Waals surface area contributed by atoms with Gasteiger partial charge in [-0.25, -0.2) is 13.8 Å². The van der Waals surface area contributed by atoms with Crippen LogP contribution in [0, 0.1) is 3.57 Å². The van der Waals surface area contributed by atoms with E-state index in [1.165, 1.54) is 6.07 Å². The Morgan fingerprint density at radius 3 is 2.69 bits per heavy atom. The van der Waals surface area contributed by atoms with Gasteiger partial charge < -0.3 is 0 Å². The molecule has 0 bridgehead atoms. The molecule has 0 saturated heterocycles. The molecule has 1 aromatic heterocycles. The molecule has 0 unspecified atom stereocenters. The lowest BCUT2D eigenvalue weighted by Crippen LogP contribution is -1.98. The summed E-state index contributed by atoms with van der Waals surface area (Å²) >= 11 is 10.7. The Labute approximate surface area is 101 Å². The number of alkyl halides is 3. The monoisotopic (exact) mass is 381 g/mol. The topological polar surface area (TPSA) is 12.9 Å². The first-order chi connectivity index (χ1) is 6.06. The van der Waals surface area contributed by atoms with Crippen LogP contribution in [0.15, 0.2) is 6.07 Å². The van der Waals surface area contributed by atoms with Crippen molar-refractivity contribution in [1.82, 2.24) is 4.98 Å². The Balaban J connectivity index is 3.22. The Morgan fingerprint density at radius 2 is 2.23 bits per heavy atom. The molecule has 1 aromatic rings. The van der Waals surface area contributed by atoms with Crippen LogP contribution in [0.1, 0.15) is 17.8 Å². The highest BCUT2D eigenvalue weighted by Gasteiger charge is 2.15. The summed E-state index contributed by atoms with van der Waals surface area (Å²) in [6.45, 7) is 0. The maximum atomic E-state index is 12.4. The van der Waals surface area contributed by atoms with E-state index >= 15 is 0 Å². The fourth-order valence-electron chi connectivity index (χ4n) is 0.767. The second-order valence-electron chi connectivity index (χ2n) is 2.22.